The minimum atomic E-state index is 0.995. The van der Waals surface area contributed by atoms with E-state index in [9.17, 15) is 0 Å². The van der Waals surface area contributed by atoms with Gasteiger partial charge in [0.05, 0.1) is 28.0 Å². The van der Waals surface area contributed by atoms with Crippen LogP contribution in [-0.4, -0.2) is 9.97 Å². The molecule has 0 aliphatic rings. The largest absolute Gasteiger partial charge is 0.242 e. The van der Waals surface area contributed by atoms with E-state index in [0.29, 0.717) is 0 Å². The Morgan fingerprint density at radius 2 is 0.896 bits per heavy atom. The van der Waals surface area contributed by atoms with Gasteiger partial charge in [-0.05, 0) is 93.9 Å². The van der Waals surface area contributed by atoms with Gasteiger partial charge in [0.15, 0.2) is 0 Å². The maximum Gasteiger partial charge on any atom is 0.109 e. The normalized spacial score (nSPS) is 12.1. The van der Waals surface area contributed by atoms with E-state index in [1.807, 2.05) is 22.7 Å². The predicted molar refractivity (Wildman–Crippen MR) is 224 cm³/mol. The Hall–Kier alpha value is -1.68. The molecule has 0 aliphatic heterocycles. The van der Waals surface area contributed by atoms with Crippen LogP contribution < -0.4 is 0 Å². The molecule has 0 N–H and O–H groups in total. The van der Waals surface area contributed by atoms with E-state index < -0.39 is 0 Å². The molecule has 0 fully saturated rings. The summed E-state index contributed by atoms with van der Waals surface area (Å²) in [7, 11) is 0. The molecule has 0 saturated carbocycles. The van der Waals surface area contributed by atoms with Crippen molar-refractivity contribution in [1.29, 1.82) is 0 Å². The average Bonchev–Trinajstić information content (AvgIpc) is 3.90. The third kappa shape index (κ3) is 7.50. The van der Waals surface area contributed by atoms with Crippen LogP contribution in [0.5, 0.6) is 0 Å². The zero-order valence-corrected chi connectivity index (χ0v) is 34.2. The topological polar surface area (TPSA) is 25.8 Å². The number of nitrogens with zero attached hydrogens (tertiary/aromatic N) is 2. The van der Waals surface area contributed by atoms with Crippen molar-refractivity contribution in [3.8, 4) is 20.9 Å². The van der Waals surface area contributed by atoms with Crippen molar-refractivity contribution in [2.24, 2.45) is 0 Å². The first-order valence-corrected chi connectivity index (χ1v) is 22.5. The van der Waals surface area contributed by atoms with Crippen LogP contribution in [-0.2, 0) is 12.8 Å². The summed E-state index contributed by atoms with van der Waals surface area (Å²) in [6, 6.07) is 18.2. The first-order chi connectivity index (χ1) is 23.5. The number of hydrogen-bond acceptors (Lipinski definition) is 6. The molecule has 0 atom stereocenters. The summed E-state index contributed by atoms with van der Waals surface area (Å²) in [5, 5.41) is 2.75. The minimum absolute atomic E-state index is 0.995. The minimum Gasteiger partial charge on any atom is -0.242 e. The third-order valence-electron chi connectivity index (χ3n) is 9.34. The number of thiophene rings is 4. The van der Waals surface area contributed by atoms with E-state index in [2.05, 4.69) is 94.2 Å². The van der Waals surface area contributed by atoms with Crippen molar-refractivity contribution in [2.45, 2.75) is 104 Å². The van der Waals surface area contributed by atoms with Crippen molar-refractivity contribution >= 4 is 119 Å². The summed E-state index contributed by atoms with van der Waals surface area (Å²) in [5.74, 6) is 0. The lowest BCUT2D eigenvalue weighted by atomic mass is 10.0. The number of hydrogen-bond donors (Lipinski definition) is 0. The molecule has 0 bridgehead atoms. The summed E-state index contributed by atoms with van der Waals surface area (Å²) >= 11 is 14.8. The monoisotopic (exact) mass is 836 g/mol. The highest BCUT2D eigenvalue weighted by atomic mass is 79.9. The fourth-order valence-corrected chi connectivity index (χ4v) is 12.0. The molecule has 0 radical (unpaired) electrons. The molecule has 7 rings (SSSR count). The Bertz CT molecular complexity index is 2020. The smallest absolute Gasteiger partial charge is 0.109 e. The quantitative estimate of drug-likeness (QED) is 0.0716. The summed E-state index contributed by atoms with van der Waals surface area (Å²) < 4.78 is 4.87. The van der Waals surface area contributed by atoms with Crippen LogP contribution in [0.2, 0.25) is 0 Å². The molecule has 0 saturated heterocycles. The van der Waals surface area contributed by atoms with Crippen LogP contribution in [0.3, 0.4) is 0 Å². The van der Waals surface area contributed by atoms with E-state index in [1.54, 1.807) is 22.7 Å². The standard InChI is InChI=1S/C40H42Br2N2S4/c1-3-5-7-9-11-13-15-25-23-29-30-24-26(16-14-12-10-8-6-4-2)46-40(30)38-37(39(29)45-25)43-35-27(31-19-21-33(41)47-31)17-18-28(36(35)44-38)32-20-22-34(42)48-32/h17-24H,3-16H2,1-2H3. The summed E-state index contributed by atoms with van der Waals surface area (Å²) in [6.07, 6.45) is 18.2. The zero-order chi connectivity index (χ0) is 33.0. The van der Waals surface area contributed by atoms with E-state index in [1.165, 1.54) is 117 Å². The molecular weight excluding hydrogens is 797 g/mol. The molecule has 2 aromatic carbocycles. The fourth-order valence-electron chi connectivity index (χ4n) is 6.81. The van der Waals surface area contributed by atoms with Gasteiger partial charge in [0.2, 0.25) is 0 Å². The lowest BCUT2D eigenvalue weighted by Crippen LogP contribution is -1.93. The molecule has 48 heavy (non-hydrogen) atoms. The van der Waals surface area contributed by atoms with Crippen LogP contribution in [0.1, 0.15) is 101 Å². The molecule has 0 spiro atoms. The molecule has 0 unspecified atom stereocenters. The molecule has 5 aromatic heterocycles. The second-order valence-electron chi connectivity index (χ2n) is 12.9. The zero-order valence-electron chi connectivity index (χ0n) is 27.8. The molecule has 0 aliphatic carbocycles. The van der Waals surface area contributed by atoms with Crippen molar-refractivity contribution in [1.82, 2.24) is 9.97 Å². The number of aryl methyl sites for hydroxylation is 2. The van der Waals surface area contributed by atoms with Crippen LogP contribution in [0.15, 0.2) is 56.1 Å². The van der Waals surface area contributed by atoms with E-state index in [-0.39, 0.29) is 0 Å². The number of benzene rings is 2. The van der Waals surface area contributed by atoms with Crippen molar-refractivity contribution in [2.75, 3.05) is 0 Å². The van der Waals surface area contributed by atoms with Gasteiger partial charge in [-0.25, -0.2) is 9.97 Å². The van der Waals surface area contributed by atoms with Gasteiger partial charge in [-0.2, -0.15) is 0 Å². The predicted octanol–water partition coefficient (Wildman–Crippen LogP) is 16.0. The Balaban J connectivity index is 1.38. The lowest BCUT2D eigenvalue weighted by Gasteiger charge is -2.11. The van der Waals surface area contributed by atoms with Gasteiger partial charge in [0.25, 0.3) is 0 Å². The first kappa shape index (κ1) is 34.8. The van der Waals surface area contributed by atoms with Gasteiger partial charge >= 0.3 is 0 Å². The second-order valence-corrected chi connectivity index (χ2v) is 20.1. The van der Waals surface area contributed by atoms with Gasteiger partial charge in [0, 0.05) is 41.4 Å². The fraction of sp³-hybridized carbons (Fsp3) is 0.400. The molecule has 8 heteroatoms. The molecule has 7 aromatic rings. The summed E-state index contributed by atoms with van der Waals surface area (Å²) in [4.78, 5) is 16.7. The maximum absolute atomic E-state index is 5.63. The van der Waals surface area contributed by atoms with Gasteiger partial charge in [0.1, 0.15) is 11.0 Å². The molecule has 2 nitrogen and oxygen atoms in total. The summed E-state index contributed by atoms with van der Waals surface area (Å²) in [5.41, 5.74) is 6.43. The number of rotatable bonds is 16. The molecular formula is C40H42Br2N2S4. The molecule has 5 heterocycles. The Morgan fingerprint density at radius 3 is 1.29 bits per heavy atom. The van der Waals surface area contributed by atoms with E-state index >= 15 is 0 Å². The number of aromatic nitrogens is 2. The third-order valence-corrected chi connectivity index (χ3v) is 15.1. The van der Waals surface area contributed by atoms with Gasteiger partial charge in [-0.15, -0.1) is 45.3 Å². The Morgan fingerprint density at radius 1 is 0.479 bits per heavy atom. The van der Waals surface area contributed by atoms with Crippen LogP contribution in [0.4, 0.5) is 0 Å². The van der Waals surface area contributed by atoms with Crippen LogP contribution >= 0.6 is 77.2 Å². The SMILES string of the molecule is CCCCCCCCc1cc2c3cc(CCCCCCCC)sc3c3nc4c(-c5ccc(Br)s5)ccc(-c5ccc(Br)s5)c4nc3c2s1. The summed E-state index contributed by atoms with van der Waals surface area (Å²) in [6.45, 7) is 4.59. The highest BCUT2D eigenvalue weighted by molar-refractivity contribution is 9.11. The molecule has 0 amide bonds. The lowest BCUT2D eigenvalue weighted by molar-refractivity contribution is 0.609. The Kier molecular flexibility index (Phi) is 11.7. The van der Waals surface area contributed by atoms with Crippen molar-refractivity contribution in [3.63, 3.8) is 0 Å². The average molecular weight is 839 g/mol. The van der Waals surface area contributed by atoms with E-state index in [0.717, 1.165) is 53.6 Å². The Labute approximate surface area is 317 Å². The first-order valence-electron chi connectivity index (χ1n) is 17.7. The highest BCUT2D eigenvalue weighted by Gasteiger charge is 2.21. The van der Waals surface area contributed by atoms with Gasteiger partial charge in [-0.1, -0.05) is 90.2 Å². The second kappa shape index (κ2) is 16.1. The van der Waals surface area contributed by atoms with Crippen LogP contribution in [0, 0.1) is 0 Å². The molecule has 250 valence electrons. The number of halogens is 2. The van der Waals surface area contributed by atoms with E-state index in [4.69, 9.17) is 9.97 Å². The van der Waals surface area contributed by atoms with Crippen LogP contribution in [0.25, 0.3) is 63.1 Å². The number of unbranched alkanes of at least 4 members (excludes halogenated alkanes) is 10. The van der Waals surface area contributed by atoms with Crippen molar-refractivity contribution in [3.05, 3.63) is 65.9 Å². The van der Waals surface area contributed by atoms with Gasteiger partial charge < -0.3 is 0 Å². The number of fused-ring (bicyclic) bond motifs is 7. The maximum atomic E-state index is 5.63. The highest BCUT2D eigenvalue weighted by Crippen LogP contribution is 2.46. The van der Waals surface area contributed by atoms with Gasteiger partial charge in [-0.3, -0.25) is 0 Å². The van der Waals surface area contributed by atoms with Crippen molar-refractivity contribution < 1.29 is 0 Å².